The molecule has 7 nitrogen and oxygen atoms in total. The van der Waals surface area contributed by atoms with E-state index in [0.29, 0.717) is 28.9 Å². The summed E-state index contributed by atoms with van der Waals surface area (Å²) in [5.41, 5.74) is 13.3. The molecular formula is C52H33N7S. The summed E-state index contributed by atoms with van der Waals surface area (Å²) in [5, 5.41) is 11.9. The summed E-state index contributed by atoms with van der Waals surface area (Å²) in [5.74, 6) is 1.78. The molecule has 11 rings (SSSR count). The average Bonchev–Trinajstić information content (AvgIpc) is 3.66. The van der Waals surface area contributed by atoms with Crippen LogP contribution in [-0.2, 0) is 0 Å². The summed E-state index contributed by atoms with van der Waals surface area (Å²) in [6.07, 6.45) is 3.72. The first-order chi connectivity index (χ1) is 29.6. The summed E-state index contributed by atoms with van der Waals surface area (Å²) < 4.78 is 6.56. The number of para-hydroxylation sites is 2. The molecule has 0 saturated heterocycles. The molecule has 282 valence electrons. The highest BCUT2D eigenvalue weighted by molar-refractivity contribution is 7.79. The molecule has 0 aliphatic heterocycles. The van der Waals surface area contributed by atoms with Crippen LogP contribution in [0.5, 0.6) is 0 Å². The van der Waals surface area contributed by atoms with Crippen LogP contribution in [0, 0.1) is 5.41 Å². The van der Waals surface area contributed by atoms with Crippen molar-refractivity contribution in [3.05, 3.63) is 193 Å². The number of hydrogen-bond donors (Lipinski definition) is 2. The summed E-state index contributed by atoms with van der Waals surface area (Å²) in [6.45, 7) is 0. The number of nitrogens with zero attached hydrogens (tertiary/aromatic N) is 6. The van der Waals surface area contributed by atoms with Gasteiger partial charge in [0.1, 0.15) is 5.71 Å². The molecule has 0 fully saturated rings. The summed E-state index contributed by atoms with van der Waals surface area (Å²) in [4.78, 5) is 20.4. The van der Waals surface area contributed by atoms with Crippen molar-refractivity contribution < 1.29 is 0 Å². The van der Waals surface area contributed by atoms with E-state index in [1.807, 2.05) is 54.6 Å². The normalized spacial score (nSPS) is 13.1. The first-order valence-electron chi connectivity index (χ1n) is 19.7. The number of aromatic nitrogens is 5. The number of rotatable bonds is 6. The van der Waals surface area contributed by atoms with E-state index in [1.165, 1.54) is 10.8 Å². The number of benzene rings is 7. The highest BCUT2D eigenvalue weighted by atomic mass is 32.1. The molecule has 60 heavy (non-hydrogen) atoms. The van der Waals surface area contributed by atoms with Gasteiger partial charge < -0.3 is 4.57 Å². The Hall–Kier alpha value is -7.81. The zero-order chi connectivity index (χ0) is 40.2. The van der Waals surface area contributed by atoms with E-state index < -0.39 is 0 Å². The molecular weight excluding hydrogens is 755 g/mol. The lowest BCUT2D eigenvalue weighted by Crippen LogP contribution is -2.18. The van der Waals surface area contributed by atoms with E-state index in [9.17, 15) is 0 Å². The van der Waals surface area contributed by atoms with Crippen LogP contribution in [0.2, 0.25) is 0 Å². The van der Waals surface area contributed by atoms with Crippen LogP contribution in [0.4, 0.5) is 0 Å². The minimum Gasteiger partial charge on any atom is -0.309 e. The van der Waals surface area contributed by atoms with Crippen LogP contribution in [0.3, 0.4) is 0 Å². The second-order valence-electron chi connectivity index (χ2n) is 14.7. The molecule has 1 aliphatic rings. The Morgan fingerprint density at radius 2 is 1.00 bits per heavy atom. The van der Waals surface area contributed by atoms with Gasteiger partial charge in [-0.05, 0) is 66.4 Å². The maximum Gasteiger partial charge on any atom is 0.164 e. The SMILES string of the molecule is N=C1C=Cc2c(-c3ccccc3)nc3cc(-c4ccc(-c5nc(-c6ccccc6)nc(-c6cccc(-n7c8ccccc8c8ccccc87)c6)n5)cc4)ccc3c2C1=NS. The Kier molecular flexibility index (Phi) is 8.57. The number of hydrogen-bond acceptors (Lipinski definition) is 7. The Labute approximate surface area is 351 Å². The molecule has 0 unspecified atom stereocenters. The van der Waals surface area contributed by atoms with Crippen molar-refractivity contribution in [2.45, 2.75) is 0 Å². The molecule has 8 heteroatoms. The van der Waals surface area contributed by atoms with Crippen molar-refractivity contribution in [2.75, 3.05) is 0 Å². The zero-order valence-electron chi connectivity index (χ0n) is 32.0. The van der Waals surface area contributed by atoms with Crippen LogP contribution in [0.1, 0.15) is 11.1 Å². The van der Waals surface area contributed by atoms with Crippen molar-refractivity contribution in [3.8, 4) is 62.2 Å². The minimum absolute atomic E-state index is 0.316. The summed E-state index contributed by atoms with van der Waals surface area (Å²) >= 11 is 4.28. The van der Waals surface area contributed by atoms with Gasteiger partial charge in [-0.3, -0.25) is 5.41 Å². The molecule has 0 amide bonds. The quantitative estimate of drug-likeness (QED) is 0.164. The molecule has 0 saturated carbocycles. The lowest BCUT2D eigenvalue weighted by molar-refractivity contribution is 1.07. The van der Waals surface area contributed by atoms with Crippen LogP contribution < -0.4 is 0 Å². The lowest BCUT2D eigenvalue weighted by Gasteiger charge is -2.20. The van der Waals surface area contributed by atoms with Gasteiger partial charge in [-0.15, -0.1) is 0 Å². The van der Waals surface area contributed by atoms with Gasteiger partial charge in [-0.1, -0.05) is 146 Å². The van der Waals surface area contributed by atoms with E-state index in [-0.39, 0.29) is 0 Å². The maximum atomic E-state index is 8.61. The molecule has 1 aliphatic carbocycles. The van der Waals surface area contributed by atoms with Gasteiger partial charge >= 0.3 is 0 Å². The number of pyridine rings is 1. The maximum absolute atomic E-state index is 8.61. The third kappa shape index (κ3) is 6.01. The smallest absolute Gasteiger partial charge is 0.164 e. The fourth-order valence-corrected chi connectivity index (χ4v) is 8.53. The van der Waals surface area contributed by atoms with Crippen LogP contribution in [0.15, 0.2) is 186 Å². The molecule has 0 bridgehead atoms. The lowest BCUT2D eigenvalue weighted by atomic mass is 9.87. The van der Waals surface area contributed by atoms with Crippen LogP contribution >= 0.6 is 12.8 Å². The fraction of sp³-hybridized carbons (Fsp3) is 0. The van der Waals surface area contributed by atoms with Gasteiger partial charge in [-0.2, -0.15) is 0 Å². The van der Waals surface area contributed by atoms with Crippen molar-refractivity contribution >= 4 is 63.0 Å². The van der Waals surface area contributed by atoms with E-state index in [1.54, 1.807) is 6.08 Å². The molecule has 1 N–H and O–H groups in total. The van der Waals surface area contributed by atoms with Gasteiger partial charge in [-0.25, -0.2) is 24.3 Å². The number of thiol groups is 1. The first-order valence-corrected chi connectivity index (χ1v) is 20.1. The van der Waals surface area contributed by atoms with E-state index >= 15 is 0 Å². The van der Waals surface area contributed by atoms with Gasteiger partial charge in [0.15, 0.2) is 17.5 Å². The second-order valence-corrected chi connectivity index (χ2v) is 14.9. The largest absolute Gasteiger partial charge is 0.309 e. The topological polar surface area (TPSA) is 92.7 Å². The van der Waals surface area contributed by atoms with Crippen LogP contribution in [-0.4, -0.2) is 35.9 Å². The van der Waals surface area contributed by atoms with Crippen molar-refractivity contribution in [1.82, 2.24) is 24.5 Å². The molecule has 7 aromatic carbocycles. The Balaban J connectivity index is 1.00. The van der Waals surface area contributed by atoms with E-state index in [0.717, 1.165) is 77.8 Å². The van der Waals surface area contributed by atoms with Crippen molar-refractivity contribution in [2.24, 2.45) is 4.40 Å². The predicted octanol–water partition coefficient (Wildman–Crippen LogP) is 12.5. The van der Waals surface area contributed by atoms with E-state index in [4.69, 9.17) is 25.3 Å². The predicted molar refractivity (Wildman–Crippen MR) is 249 cm³/mol. The number of nitrogens with one attached hydrogen (secondary N) is 1. The highest BCUT2D eigenvalue weighted by Gasteiger charge is 2.24. The Morgan fingerprint density at radius 3 is 1.67 bits per heavy atom. The zero-order valence-corrected chi connectivity index (χ0v) is 32.9. The Morgan fingerprint density at radius 1 is 0.450 bits per heavy atom. The molecule has 10 aromatic rings. The minimum atomic E-state index is 0.316. The number of fused-ring (bicyclic) bond motifs is 6. The van der Waals surface area contributed by atoms with Gasteiger partial charge in [0.05, 0.1) is 28.0 Å². The molecule has 3 heterocycles. The number of allylic oxidation sites excluding steroid dienone is 1. The molecule has 3 aromatic heterocycles. The first kappa shape index (κ1) is 35.4. The third-order valence-electron chi connectivity index (χ3n) is 11.2. The summed E-state index contributed by atoms with van der Waals surface area (Å²) in [7, 11) is 0. The van der Waals surface area contributed by atoms with Gasteiger partial charge in [0.25, 0.3) is 0 Å². The van der Waals surface area contributed by atoms with E-state index in [2.05, 4.69) is 149 Å². The van der Waals surface area contributed by atoms with Gasteiger partial charge in [0, 0.05) is 55.2 Å². The molecule has 0 radical (unpaired) electrons. The summed E-state index contributed by atoms with van der Waals surface area (Å²) in [6, 6.07) is 60.2. The standard InChI is InChI=1S/C52H33N7S/c53-43-29-28-42-47(49(43)58-60)41-27-26-36(31-44(41)54-48(42)33-12-3-1-4-13-33)32-22-24-35(25-23-32)51-55-50(34-14-5-2-6-15-34)56-52(57-51)37-16-11-17-38(30-37)59-45-20-9-7-18-39(45)40-19-8-10-21-46(40)59/h1-31,53,60H. The monoisotopic (exact) mass is 787 g/mol. The molecule has 0 spiro atoms. The highest BCUT2D eigenvalue weighted by Crippen LogP contribution is 2.37. The fourth-order valence-electron chi connectivity index (χ4n) is 8.32. The second kappa shape index (κ2) is 14.5. The van der Waals surface area contributed by atoms with Crippen LogP contribution in [0.25, 0.3) is 101 Å². The Bertz CT molecular complexity index is 3340. The third-order valence-corrected chi connectivity index (χ3v) is 11.4. The van der Waals surface area contributed by atoms with Crippen molar-refractivity contribution in [1.29, 1.82) is 5.41 Å². The molecule has 0 atom stereocenters. The van der Waals surface area contributed by atoms with Gasteiger partial charge in [0.2, 0.25) is 0 Å². The van der Waals surface area contributed by atoms with Crippen molar-refractivity contribution in [3.63, 3.8) is 0 Å². The average molecular weight is 788 g/mol.